The van der Waals surface area contributed by atoms with Gasteiger partial charge in [0.15, 0.2) is 0 Å². The molecule has 1 aromatic carbocycles. The molecule has 0 saturated carbocycles. The van der Waals surface area contributed by atoms with Crippen molar-refractivity contribution in [2.45, 2.75) is 135 Å². The maximum absolute atomic E-state index is 14.3. The number of carbonyl (C=O) groups is 5. The minimum atomic E-state index is -2.43. The number of nitrogens with one attached hydrogen (secondary N) is 6. The van der Waals surface area contributed by atoms with E-state index in [1.807, 2.05) is 33.8 Å². The number of hydrogen-bond acceptors (Lipinski definition) is 11. The van der Waals surface area contributed by atoms with Crippen LogP contribution in [0, 0.1) is 23.7 Å². The zero-order valence-corrected chi connectivity index (χ0v) is 37.7. The van der Waals surface area contributed by atoms with Crippen LogP contribution < -0.4 is 26.6 Å². The molecule has 16 nitrogen and oxygen atoms in total. The summed E-state index contributed by atoms with van der Waals surface area (Å²) in [5.41, 5.74) is 1.03. The first-order valence-electron chi connectivity index (χ1n) is 20.8. The molecule has 0 aliphatic carbocycles. The van der Waals surface area contributed by atoms with Crippen LogP contribution in [0.5, 0.6) is 0 Å². The summed E-state index contributed by atoms with van der Waals surface area (Å²) in [7, 11) is 0. The number of aromatic amines is 1. The number of nitrogens with zero attached hydrogens (tertiary/aromatic N) is 2. The average molecular weight is 867 g/mol. The van der Waals surface area contributed by atoms with Gasteiger partial charge in [0.2, 0.25) is 23.6 Å². The molecule has 2 heterocycles. The number of aromatic nitrogens is 3. The first-order chi connectivity index (χ1) is 28.6. The largest absolute Gasteiger partial charge is 0.444 e. The van der Waals surface area contributed by atoms with E-state index in [0.717, 1.165) is 5.56 Å². The molecule has 0 bridgehead atoms. The van der Waals surface area contributed by atoms with Gasteiger partial charge in [0.05, 0.1) is 30.5 Å². The lowest BCUT2D eigenvalue weighted by Crippen LogP contribution is -2.63. The molecule has 0 aliphatic rings. The standard InChI is InChI=1S/C44H66N8O8S/c1-10-28(6)36(41(57)47-24-30-18-14-15-19-46-30)52-40(56)35(27(4)5)44(59,61)37(53)32(20-26(2)3)49-39(55)34(22-31-23-45-25-48-31)50-38(54)33(21-29-16-12-11-13-17-29)51-42(58)60-43(7,8)9/h11-19,23,25-28,32-37,53,59,61H,10,20-22,24H2,1-9H3,(H,45,48)(H,47,57)(H,49,55)(H,50,54)(H,51,58)(H,52,56)/t28-,32-,33-,34-,35-,36-,37?,44?/m0/s1. The molecule has 17 heteroatoms. The van der Waals surface area contributed by atoms with E-state index in [4.69, 9.17) is 4.74 Å². The maximum atomic E-state index is 14.3. The summed E-state index contributed by atoms with van der Waals surface area (Å²) in [4.78, 5) is 77.7. The predicted octanol–water partition coefficient (Wildman–Crippen LogP) is 3.60. The van der Waals surface area contributed by atoms with Crippen molar-refractivity contribution < 1.29 is 38.9 Å². The van der Waals surface area contributed by atoms with Crippen molar-refractivity contribution >= 4 is 42.4 Å². The van der Waals surface area contributed by atoms with Gasteiger partial charge in [-0.3, -0.25) is 24.2 Å². The third-order valence-corrected chi connectivity index (χ3v) is 10.7. The normalized spacial score (nSPS) is 16.2. The van der Waals surface area contributed by atoms with Crippen LogP contribution in [0.3, 0.4) is 0 Å². The second-order valence-electron chi connectivity index (χ2n) is 17.3. The predicted molar refractivity (Wildman–Crippen MR) is 235 cm³/mol. The van der Waals surface area contributed by atoms with E-state index in [2.05, 4.69) is 54.2 Å². The van der Waals surface area contributed by atoms with Gasteiger partial charge in [-0.1, -0.05) is 84.4 Å². The fourth-order valence-electron chi connectivity index (χ4n) is 6.87. The van der Waals surface area contributed by atoms with E-state index in [1.54, 1.807) is 83.3 Å². The quantitative estimate of drug-likeness (QED) is 0.0526. The minimum absolute atomic E-state index is 0.0614. The van der Waals surface area contributed by atoms with Crippen molar-refractivity contribution in [2.24, 2.45) is 23.7 Å². The van der Waals surface area contributed by atoms with Crippen molar-refractivity contribution in [1.82, 2.24) is 41.5 Å². The molecular weight excluding hydrogens is 801 g/mol. The number of rotatable bonds is 22. The highest BCUT2D eigenvalue weighted by atomic mass is 32.1. The first kappa shape index (κ1) is 50.4. The lowest BCUT2D eigenvalue weighted by Gasteiger charge is -2.41. The van der Waals surface area contributed by atoms with Crippen molar-refractivity contribution in [3.05, 3.63) is 84.2 Å². The Morgan fingerprint density at radius 2 is 1.48 bits per heavy atom. The van der Waals surface area contributed by atoms with Crippen LogP contribution in [0.2, 0.25) is 0 Å². The summed E-state index contributed by atoms with van der Waals surface area (Å²) in [5.74, 6) is -4.98. The van der Waals surface area contributed by atoms with Gasteiger partial charge in [0.25, 0.3) is 0 Å². The summed E-state index contributed by atoms with van der Waals surface area (Å²) < 4.78 is 5.44. The number of ether oxygens (including phenoxy) is 1. The second kappa shape index (κ2) is 23.3. The van der Waals surface area contributed by atoms with Gasteiger partial charge in [-0.15, -0.1) is 12.6 Å². The first-order valence-corrected chi connectivity index (χ1v) is 21.3. The van der Waals surface area contributed by atoms with Crippen LogP contribution in [-0.4, -0.2) is 95.7 Å². The number of imidazole rings is 1. The number of thiol groups is 1. The molecule has 61 heavy (non-hydrogen) atoms. The monoisotopic (exact) mass is 866 g/mol. The van der Waals surface area contributed by atoms with E-state index < -0.39 is 82.4 Å². The van der Waals surface area contributed by atoms with Crippen molar-refractivity contribution in [3.8, 4) is 0 Å². The Labute approximate surface area is 365 Å². The van der Waals surface area contributed by atoms with Crippen LogP contribution in [0.15, 0.2) is 67.3 Å². The number of amides is 5. The van der Waals surface area contributed by atoms with Crippen LogP contribution in [0.4, 0.5) is 4.79 Å². The van der Waals surface area contributed by atoms with E-state index >= 15 is 0 Å². The fraction of sp³-hybridized carbons (Fsp3) is 0.568. The smallest absolute Gasteiger partial charge is 0.408 e. The highest BCUT2D eigenvalue weighted by Crippen LogP contribution is 2.35. The Hall–Kier alpha value is -5.00. The molecule has 8 N–H and O–H groups in total. The molecule has 3 rings (SSSR count). The van der Waals surface area contributed by atoms with E-state index in [-0.39, 0.29) is 37.6 Å². The molecule has 0 spiro atoms. The molecule has 0 radical (unpaired) electrons. The Morgan fingerprint density at radius 1 is 0.836 bits per heavy atom. The van der Waals surface area contributed by atoms with Crippen molar-refractivity contribution in [2.75, 3.05) is 0 Å². The number of hydrogen-bond donors (Lipinski definition) is 9. The molecule has 0 fully saturated rings. The number of aliphatic hydroxyl groups is 2. The van der Waals surface area contributed by atoms with E-state index in [0.29, 0.717) is 17.8 Å². The zero-order valence-electron chi connectivity index (χ0n) is 36.8. The van der Waals surface area contributed by atoms with Crippen LogP contribution in [-0.2, 0) is 43.3 Å². The van der Waals surface area contributed by atoms with Crippen molar-refractivity contribution in [3.63, 3.8) is 0 Å². The molecule has 3 aromatic rings. The van der Waals surface area contributed by atoms with Gasteiger partial charge in [0, 0.05) is 30.9 Å². The van der Waals surface area contributed by atoms with Crippen LogP contribution in [0.1, 0.15) is 92.1 Å². The minimum Gasteiger partial charge on any atom is -0.444 e. The average Bonchev–Trinajstić information content (AvgIpc) is 3.70. The third kappa shape index (κ3) is 16.1. The molecule has 5 amide bonds. The summed E-state index contributed by atoms with van der Waals surface area (Å²) in [6, 6.07) is 9.75. The van der Waals surface area contributed by atoms with Gasteiger partial charge >= 0.3 is 6.09 Å². The summed E-state index contributed by atoms with van der Waals surface area (Å²) in [5, 5.41) is 38.0. The summed E-state index contributed by atoms with van der Waals surface area (Å²) >= 11 is 4.54. The van der Waals surface area contributed by atoms with Gasteiger partial charge in [-0.25, -0.2) is 9.78 Å². The molecular formula is C44H66N8O8S. The molecule has 8 atom stereocenters. The highest BCUT2D eigenvalue weighted by molar-refractivity contribution is 7.81. The van der Waals surface area contributed by atoms with E-state index in [9.17, 15) is 34.2 Å². The summed E-state index contributed by atoms with van der Waals surface area (Å²) in [6.45, 7) is 16.0. The van der Waals surface area contributed by atoms with Crippen molar-refractivity contribution in [1.29, 1.82) is 0 Å². The lowest BCUT2D eigenvalue weighted by atomic mass is 9.81. The molecule has 0 aliphatic heterocycles. The maximum Gasteiger partial charge on any atom is 0.408 e. The SMILES string of the molecule is CC[C@H](C)[C@H](NC(=O)[C@H](C(C)C)C(O)(S)C(O)[C@H](CC(C)C)NC(=O)[C@H](Cc1cnc[nH]1)NC(=O)[C@H](Cc1ccccc1)NC(=O)OC(C)(C)C)C(=O)NCc1ccccn1. The topological polar surface area (TPSA) is 237 Å². The number of benzene rings is 1. The Bertz CT molecular complexity index is 1840. The number of carbonyl (C=O) groups excluding carboxylic acids is 5. The molecule has 0 saturated heterocycles. The van der Waals surface area contributed by atoms with Gasteiger partial charge < -0.3 is 46.5 Å². The van der Waals surface area contributed by atoms with E-state index in [1.165, 1.54) is 12.5 Å². The van der Waals surface area contributed by atoms with Gasteiger partial charge in [-0.2, -0.15) is 0 Å². The Kier molecular flexibility index (Phi) is 19.2. The third-order valence-electron chi connectivity index (χ3n) is 10.1. The molecule has 2 unspecified atom stereocenters. The zero-order chi connectivity index (χ0) is 45.5. The number of aliphatic hydroxyl groups excluding tert-OH is 1. The lowest BCUT2D eigenvalue weighted by molar-refractivity contribution is -0.144. The number of H-pyrrole nitrogens is 1. The Balaban J connectivity index is 1.90. The van der Waals surface area contributed by atoms with Gasteiger partial charge in [-0.05, 0) is 62.6 Å². The second-order valence-corrected chi connectivity index (χ2v) is 18.1. The molecule has 2 aromatic heterocycles. The molecule has 336 valence electrons. The number of pyridine rings is 1. The van der Waals surface area contributed by atoms with Gasteiger partial charge in [0.1, 0.15) is 34.8 Å². The number of alkyl carbamates (subject to hydrolysis) is 1. The van der Waals surface area contributed by atoms with Crippen LogP contribution in [0.25, 0.3) is 0 Å². The fourth-order valence-corrected chi connectivity index (χ4v) is 7.46. The van der Waals surface area contributed by atoms with Crippen LogP contribution >= 0.6 is 12.6 Å². The summed E-state index contributed by atoms with van der Waals surface area (Å²) in [6.07, 6.45) is 2.58. The Morgan fingerprint density at radius 3 is 2.03 bits per heavy atom. The highest BCUT2D eigenvalue weighted by Gasteiger charge is 2.50.